The molecular formula is C21H18Cl2F3N3O6. The molecule has 2 heterocycles. The number of rotatable bonds is 6. The molecule has 1 aromatic carbocycles. The van der Waals surface area contributed by atoms with E-state index in [0.29, 0.717) is 5.56 Å². The maximum absolute atomic E-state index is 13.2. The molecule has 2 amide bonds. The Balaban J connectivity index is 1.93. The fraction of sp³-hybridized carbons (Fsp3) is 0.333. The largest absolute Gasteiger partial charge is 0.573 e. The third-order valence-corrected chi connectivity index (χ3v) is 5.74. The summed E-state index contributed by atoms with van der Waals surface area (Å²) in [6.45, 7) is -0.285. The molecule has 35 heavy (non-hydrogen) atoms. The number of anilines is 1. The van der Waals surface area contributed by atoms with Crippen LogP contribution in [0.2, 0.25) is 10.3 Å². The molecule has 1 fully saturated rings. The Morgan fingerprint density at radius 3 is 2.31 bits per heavy atom. The van der Waals surface area contributed by atoms with Gasteiger partial charge >= 0.3 is 24.3 Å². The number of aliphatic carboxylic acids is 1. The SMILES string of the molecule is COC(=O)[C@H]1CN(C(=O)Nc2cc(Cl)nc(Cl)c2)[C@](Cc2ccc(OC(F)(F)F)cc2)(C(=O)O)C1. The highest BCUT2D eigenvalue weighted by molar-refractivity contribution is 6.33. The van der Waals surface area contributed by atoms with Crippen LogP contribution >= 0.6 is 23.2 Å². The number of carboxylic acid groups (broad SMARTS) is 1. The monoisotopic (exact) mass is 535 g/mol. The molecule has 2 N–H and O–H groups in total. The van der Waals surface area contributed by atoms with Gasteiger partial charge in [0.25, 0.3) is 0 Å². The van der Waals surface area contributed by atoms with Gasteiger partial charge in [0.15, 0.2) is 0 Å². The first-order chi connectivity index (χ1) is 16.3. The van der Waals surface area contributed by atoms with E-state index in [1.165, 1.54) is 24.3 Å². The summed E-state index contributed by atoms with van der Waals surface area (Å²) in [4.78, 5) is 42.6. The number of halogens is 5. The first-order valence-corrected chi connectivity index (χ1v) is 10.7. The summed E-state index contributed by atoms with van der Waals surface area (Å²) < 4.78 is 45.9. The number of esters is 1. The van der Waals surface area contributed by atoms with Crippen molar-refractivity contribution in [3.05, 3.63) is 52.3 Å². The van der Waals surface area contributed by atoms with Crippen LogP contribution in [0.4, 0.5) is 23.7 Å². The Bertz CT molecular complexity index is 1110. The summed E-state index contributed by atoms with van der Waals surface area (Å²) in [5.41, 5.74) is -1.50. The number of carbonyl (C=O) groups is 3. The summed E-state index contributed by atoms with van der Waals surface area (Å²) in [7, 11) is 1.13. The van der Waals surface area contributed by atoms with Crippen molar-refractivity contribution in [2.45, 2.75) is 24.7 Å². The molecule has 1 aliphatic heterocycles. The van der Waals surface area contributed by atoms with E-state index >= 15 is 0 Å². The smallest absolute Gasteiger partial charge is 0.479 e. The molecule has 1 saturated heterocycles. The van der Waals surface area contributed by atoms with E-state index in [-0.39, 0.29) is 35.4 Å². The fourth-order valence-corrected chi connectivity index (χ4v) is 4.36. The summed E-state index contributed by atoms with van der Waals surface area (Å²) in [5.74, 6) is -3.58. The third kappa shape index (κ3) is 6.25. The maximum Gasteiger partial charge on any atom is 0.573 e. The molecule has 0 radical (unpaired) electrons. The lowest BCUT2D eigenvalue weighted by atomic mass is 9.85. The summed E-state index contributed by atoms with van der Waals surface area (Å²) in [6, 6.07) is 6.26. The predicted molar refractivity (Wildman–Crippen MR) is 117 cm³/mol. The van der Waals surface area contributed by atoms with Gasteiger partial charge in [-0.3, -0.25) is 4.79 Å². The molecule has 0 unspecified atom stereocenters. The number of urea groups is 1. The zero-order valence-corrected chi connectivity index (χ0v) is 19.4. The van der Waals surface area contributed by atoms with Gasteiger partial charge in [-0.2, -0.15) is 0 Å². The van der Waals surface area contributed by atoms with Crippen LogP contribution in [0.5, 0.6) is 5.75 Å². The van der Waals surface area contributed by atoms with Crippen LogP contribution in [0.3, 0.4) is 0 Å². The van der Waals surface area contributed by atoms with Gasteiger partial charge in [0.05, 0.1) is 13.0 Å². The Morgan fingerprint density at radius 2 is 1.80 bits per heavy atom. The van der Waals surface area contributed by atoms with Gasteiger partial charge in [-0.15, -0.1) is 13.2 Å². The molecule has 3 rings (SSSR count). The molecule has 2 aromatic rings. The molecule has 0 saturated carbocycles. The number of aromatic nitrogens is 1. The Kier molecular flexibility index (Phi) is 7.65. The standard InChI is InChI=1S/C21H18Cl2F3N3O6/c1-34-17(30)12-9-20(18(31)32,8-11-2-4-14(5-3-11)35-21(24,25)26)29(10-12)19(33)27-13-6-15(22)28-16(23)7-13/h2-7,12H,8-10H2,1H3,(H,31,32)(H,27,28,33)/t12-,20+/m1/s1. The lowest BCUT2D eigenvalue weighted by Gasteiger charge is -2.34. The number of hydrogen-bond donors (Lipinski definition) is 2. The van der Waals surface area contributed by atoms with Crippen molar-refractivity contribution in [2.75, 3.05) is 19.0 Å². The summed E-state index contributed by atoms with van der Waals surface area (Å²) >= 11 is 11.7. The molecule has 1 aliphatic rings. The normalized spacial score (nSPS) is 19.8. The fourth-order valence-electron chi connectivity index (χ4n) is 3.90. The summed E-state index contributed by atoms with van der Waals surface area (Å²) in [5, 5.41) is 12.6. The van der Waals surface area contributed by atoms with Crippen LogP contribution in [0.15, 0.2) is 36.4 Å². The number of carboxylic acids is 1. The van der Waals surface area contributed by atoms with E-state index in [9.17, 15) is 32.7 Å². The highest BCUT2D eigenvalue weighted by Crippen LogP contribution is 2.38. The number of nitrogens with zero attached hydrogens (tertiary/aromatic N) is 2. The zero-order valence-electron chi connectivity index (χ0n) is 17.9. The molecule has 0 bridgehead atoms. The van der Waals surface area contributed by atoms with Crippen molar-refractivity contribution in [2.24, 2.45) is 5.92 Å². The molecule has 14 heteroatoms. The topological polar surface area (TPSA) is 118 Å². The number of hydrogen-bond acceptors (Lipinski definition) is 6. The summed E-state index contributed by atoms with van der Waals surface area (Å²) in [6.07, 6.45) is -5.49. The van der Waals surface area contributed by atoms with Gasteiger partial charge in [-0.1, -0.05) is 35.3 Å². The molecule has 0 aliphatic carbocycles. The third-order valence-electron chi connectivity index (χ3n) is 5.35. The van der Waals surface area contributed by atoms with E-state index in [0.717, 1.165) is 24.1 Å². The van der Waals surface area contributed by atoms with Gasteiger partial charge in [-0.25, -0.2) is 14.6 Å². The van der Waals surface area contributed by atoms with E-state index in [1.807, 2.05) is 0 Å². The van der Waals surface area contributed by atoms with Crippen LogP contribution in [-0.4, -0.2) is 58.5 Å². The number of methoxy groups -OCH3 is 1. The van der Waals surface area contributed by atoms with Crippen molar-refractivity contribution in [1.82, 2.24) is 9.88 Å². The molecule has 188 valence electrons. The first kappa shape index (κ1) is 26.4. The van der Waals surface area contributed by atoms with Crippen molar-refractivity contribution < 1.29 is 42.1 Å². The van der Waals surface area contributed by atoms with Gasteiger partial charge in [-0.05, 0) is 36.2 Å². The van der Waals surface area contributed by atoms with E-state index in [2.05, 4.69) is 15.0 Å². The number of amides is 2. The van der Waals surface area contributed by atoms with Crippen LogP contribution in [0.25, 0.3) is 0 Å². The quantitative estimate of drug-likeness (QED) is 0.416. The number of ether oxygens (including phenoxy) is 2. The van der Waals surface area contributed by atoms with Crippen LogP contribution in [0.1, 0.15) is 12.0 Å². The van der Waals surface area contributed by atoms with Crippen LogP contribution in [-0.2, 0) is 20.7 Å². The minimum Gasteiger partial charge on any atom is -0.479 e. The van der Waals surface area contributed by atoms with Gasteiger partial charge in [0.2, 0.25) is 0 Å². The van der Waals surface area contributed by atoms with E-state index < -0.39 is 41.5 Å². The molecule has 9 nitrogen and oxygen atoms in total. The lowest BCUT2D eigenvalue weighted by Crippen LogP contribution is -2.55. The minimum atomic E-state index is -4.89. The Labute approximate surface area is 206 Å². The second kappa shape index (κ2) is 10.2. The average molecular weight is 536 g/mol. The predicted octanol–water partition coefficient (Wildman–Crippen LogP) is 4.38. The Morgan fingerprint density at radius 1 is 1.20 bits per heavy atom. The second-order valence-corrected chi connectivity index (χ2v) is 8.45. The highest BCUT2D eigenvalue weighted by atomic mass is 35.5. The number of alkyl halides is 3. The number of benzene rings is 1. The molecule has 0 spiro atoms. The lowest BCUT2D eigenvalue weighted by molar-refractivity contribution is -0.274. The van der Waals surface area contributed by atoms with Crippen molar-refractivity contribution in [3.8, 4) is 5.75 Å². The number of likely N-dealkylation sites (tertiary alicyclic amines) is 1. The van der Waals surface area contributed by atoms with Crippen molar-refractivity contribution >= 4 is 46.9 Å². The average Bonchev–Trinajstić information content (AvgIpc) is 3.14. The molecular weight excluding hydrogens is 518 g/mol. The maximum atomic E-state index is 13.2. The van der Waals surface area contributed by atoms with Crippen molar-refractivity contribution in [1.29, 1.82) is 0 Å². The Hall–Kier alpha value is -3.25. The second-order valence-electron chi connectivity index (χ2n) is 7.67. The number of nitrogens with one attached hydrogen (secondary N) is 1. The molecule has 2 atom stereocenters. The van der Waals surface area contributed by atoms with Gasteiger partial charge < -0.3 is 24.8 Å². The minimum absolute atomic E-state index is 0.0210. The highest BCUT2D eigenvalue weighted by Gasteiger charge is 2.55. The van der Waals surface area contributed by atoms with Crippen molar-refractivity contribution in [3.63, 3.8) is 0 Å². The number of carbonyl (C=O) groups excluding carboxylic acids is 2. The zero-order chi connectivity index (χ0) is 26.0. The number of pyridine rings is 1. The van der Waals surface area contributed by atoms with E-state index in [4.69, 9.17) is 27.9 Å². The molecule has 1 aromatic heterocycles. The van der Waals surface area contributed by atoms with Gasteiger partial charge in [0.1, 0.15) is 21.6 Å². The first-order valence-electron chi connectivity index (χ1n) is 9.90. The van der Waals surface area contributed by atoms with Gasteiger partial charge in [0, 0.05) is 18.7 Å². The van der Waals surface area contributed by atoms with Crippen LogP contribution < -0.4 is 10.1 Å². The van der Waals surface area contributed by atoms with E-state index in [1.54, 1.807) is 0 Å². The van der Waals surface area contributed by atoms with Crippen LogP contribution in [0, 0.1) is 5.92 Å².